The smallest absolute Gasteiger partial charge is 0.413 e. The highest BCUT2D eigenvalue weighted by atomic mass is 32.2. The van der Waals surface area contributed by atoms with Crippen molar-refractivity contribution in [2.45, 2.75) is 9.79 Å². The number of hydrogen-bond donors (Lipinski definition) is 2. The molecule has 7 nitrogen and oxygen atoms in total. The van der Waals surface area contributed by atoms with E-state index in [2.05, 4.69) is 15.4 Å². The van der Waals surface area contributed by atoms with E-state index in [9.17, 15) is 14.9 Å². The third-order valence-electron chi connectivity index (χ3n) is 2.79. The topological polar surface area (TPSA) is 93.5 Å². The molecule has 0 spiro atoms. The number of amides is 1. The Hall–Kier alpha value is -2.65. The number of carbonyl (C=O) groups excluding carboxylic acids is 1. The summed E-state index contributed by atoms with van der Waals surface area (Å²) in [6.07, 6.45) is -0.759. The summed E-state index contributed by atoms with van der Waals surface area (Å²) in [5, 5.41) is 16.0. The van der Waals surface area contributed by atoms with Crippen LogP contribution in [0.4, 0.5) is 16.2 Å². The molecule has 0 atom stereocenters. The molecule has 124 valence electrons. The van der Waals surface area contributed by atoms with Crippen LogP contribution >= 0.6 is 24.0 Å². The van der Waals surface area contributed by atoms with E-state index in [-0.39, 0.29) is 16.5 Å². The van der Waals surface area contributed by atoms with Crippen molar-refractivity contribution >= 4 is 46.6 Å². The fourth-order valence-electron chi connectivity index (χ4n) is 1.76. The van der Waals surface area contributed by atoms with Gasteiger partial charge in [0.15, 0.2) is 5.11 Å². The molecule has 0 unspecified atom stereocenters. The normalized spacial score (nSPS) is 9.88. The van der Waals surface area contributed by atoms with Crippen LogP contribution in [0.1, 0.15) is 0 Å². The van der Waals surface area contributed by atoms with Crippen molar-refractivity contribution in [2.24, 2.45) is 0 Å². The number of nitro groups is 1. The fourth-order valence-corrected chi connectivity index (χ4v) is 2.83. The fraction of sp³-hybridized carbons (Fsp3) is 0.0667. The predicted octanol–water partition coefficient (Wildman–Crippen LogP) is 3.80. The summed E-state index contributed by atoms with van der Waals surface area (Å²) in [4.78, 5) is 23.5. The lowest BCUT2D eigenvalue weighted by Crippen LogP contribution is -2.34. The van der Waals surface area contributed by atoms with Gasteiger partial charge in [0.05, 0.1) is 12.0 Å². The first kappa shape index (κ1) is 17.7. The van der Waals surface area contributed by atoms with Gasteiger partial charge in [-0.15, -0.1) is 0 Å². The van der Waals surface area contributed by atoms with Gasteiger partial charge < -0.3 is 10.1 Å². The van der Waals surface area contributed by atoms with Gasteiger partial charge in [0.2, 0.25) is 0 Å². The lowest BCUT2D eigenvalue weighted by Gasteiger charge is -2.10. The van der Waals surface area contributed by atoms with Gasteiger partial charge in [0.1, 0.15) is 5.69 Å². The number of nitrogens with one attached hydrogen (secondary N) is 2. The summed E-state index contributed by atoms with van der Waals surface area (Å²) in [7, 11) is 1.19. The van der Waals surface area contributed by atoms with Crippen LogP contribution in [0.2, 0.25) is 0 Å². The molecule has 2 rings (SSSR count). The largest absolute Gasteiger partial charge is 0.453 e. The molecule has 0 saturated heterocycles. The maximum absolute atomic E-state index is 11.2. The Morgan fingerprint density at radius 3 is 2.54 bits per heavy atom. The standard InChI is InChI=1S/C15H13N3O4S2/c1-22-15(19)17-14(23)16-12-9-11(7-8-13(12)18(20)21)24-10-5-3-2-4-6-10/h2-9H,1H3,(H2,16,17,19,23). The molecular weight excluding hydrogens is 350 g/mol. The van der Waals surface area contributed by atoms with E-state index in [0.717, 1.165) is 9.79 Å². The highest BCUT2D eigenvalue weighted by molar-refractivity contribution is 7.99. The van der Waals surface area contributed by atoms with Gasteiger partial charge in [-0.2, -0.15) is 0 Å². The Morgan fingerprint density at radius 1 is 1.21 bits per heavy atom. The molecule has 24 heavy (non-hydrogen) atoms. The van der Waals surface area contributed by atoms with Crippen molar-refractivity contribution in [1.29, 1.82) is 0 Å². The molecule has 0 aromatic heterocycles. The number of hydrogen-bond acceptors (Lipinski definition) is 6. The first-order valence-electron chi connectivity index (χ1n) is 6.67. The second-order valence-corrected chi connectivity index (χ2v) is 5.98. The van der Waals surface area contributed by atoms with Crippen LogP contribution in [-0.4, -0.2) is 23.2 Å². The van der Waals surface area contributed by atoms with Crippen LogP contribution in [0.3, 0.4) is 0 Å². The minimum absolute atomic E-state index is 0.0909. The van der Waals surface area contributed by atoms with Gasteiger partial charge in [-0.25, -0.2) is 4.79 Å². The zero-order chi connectivity index (χ0) is 17.5. The lowest BCUT2D eigenvalue weighted by molar-refractivity contribution is -0.383. The number of thiocarbonyl (C=S) groups is 1. The van der Waals surface area contributed by atoms with Gasteiger partial charge >= 0.3 is 6.09 Å². The van der Waals surface area contributed by atoms with Gasteiger partial charge in [-0.1, -0.05) is 30.0 Å². The average molecular weight is 363 g/mol. The van der Waals surface area contributed by atoms with E-state index in [1.54, 1.807) is 12.1 Å². The highest BCUT2D eigenvalue weighted by Gasteiger charge is 2.16. The minimum atomic E-state index is -0.759. The number of methoxy groups -OCH3 is 1. The van der Waals surface area contributed by atoms with E-state index in [1.807, 2.05) is 30.3 Å². The summed E-state index contributed by atoms with van der Waals surface area (Å²) >= 11 is 6.40. The van der Waals surface area contributed by atoms with Crippen LogP contribution in [0, 0.1) is 10.1 Å². The van der Waals surface area contributed by atoms with E-state index in [4.69, 9.17) is 12.2 Å². The lowest BCUT2D eigenvalue weighted by atomic mass is 10.2. The molecule has 0 fully saturated rings. The molecule has 2 aromatic rings. The third-order valence-corrected chi connectivity index (χ3v) is 3.99. The summed E-state index contributed by atoms with van der Waals surface area (Å²) in [6.45, 7) is 0. The van der Waals surface area contributed by atoms with Crippen molar-refractivity contribution in [2.75, 3.05) is 12.4 Å². The highest BCUT2D eigenvalue weighted by Crippen LogP contribution is 2.33. The number of alkyl carbamates (subject to hydrolysis) is 1. The third kappa shape index (κ3) is 4.93. The Labute approximate surface area is 147 Å². The number of nitrogens with zero attached hydrogens (tertiary/aromatic N) is 1. The molecule has 0 bridgehead atoms. The second kappa shape index (κ2) is 8.27. The number of carbonyl (C=O) groups is 1. The molecule has 0 aliphatic heterocycles. The number of ether oxygens (including phenoxy) is 1. The number of rotatable bonds is 4. The second-order valence-electron chi connectivity index (χ2n) is 4.42. The molecule has 0 radical (unpaired) electrons. The van der Waals surface area contributed by atoms with Gasteiger partial charge in [0, 0.05) is 15.9 Å². The van der Waals surface area contributed by atoms with Gasteiger partial charge in [0.25, 0.3) is 5.69 Å². The summed E-state index contributed by atoms with van der Waals surface area (Å²) in [6, 6.07) is 14.2. The summed E-state index contributed by atoms with van der Waals surface area (Å²) < 4.78 is 4.42. The van der Waals surface area contributed by atoms with E-state index >= 15 is 0 Å². The van der Waals surface area contributed by atoms with Crippen LogP contribution in [0.25, 0.3) is 0 Å². The zero-order valence-electron chi connectivity index (χ0n) is 12.5. The Bertz CT molecular complexity index is 769. The molecule has 0 saturated carbocycles. The van der Waals surface area contributed by atoms with E-state index in [1.165, 1.54) is 24.9 Å². The van der Waals surface area contributed by atoms with Crippen molar-refractivity contribution in [3.05, 3.63) is 58.6 Å². The molecule has 9 heteroatoms. The molecule has 0 aliphatic rings. The Morgan fingerprint density at radius 2 is 1.92 bits per heavy atom. The maximum atomic E-state index is 11.2. The quantitative estimate of drug-likeness (QED) is 0.485. The summed E-state index contributed by atoms with van der Waals surface area (Å²) in [5.41, 5.74) is 0.0313. The first-order valence-corrected chi connectivity index (χ1v) is 7.89. The predicted molar refractivity (Wildman–Crippen MR) is 95.4 cm³/mol. The van der Waals surface area contributed by atoms with Crippen molar-refractivity contribution in [1.82, 2.24) is 5.32 Å². The first-order chi connectivity index (χ1) is 11.5. The van der Waals surface area contributed by atoms with Crippen molar-refractivity contribution in [3.8, 4) is 0 Å². The van der Waals surface area contributed by atoms with E-state index in [0.29, 0.717) is 0 Å². The Balaban J connectivity index is 2.23. The van der Waals surface area contributed by atoms with Gasteiger partial charge in [-0.05, 0) is 36.5 Å². The molecule has 2 aromatic carbocycles. The Kier molecular flexibility index (Phi) is 6.10. The molecule has 0 heterocycles. The van der Waals surface area contributed by atoms with E-state index < -0.39 is 11.0 Å². The van der Waals surface area contributed by atoms with Crippen LogP contribution in [0.5, 0.6) is 0 Å². The minimum Gasteiger partial charge on any atom is -0.453 e. The van der Waals surface area contributed by atoms with Crippen LogP contribution in [0.15, 0.2) is 58.3 Å². The monoisotopic (exact) mass is 363 g/mol. The molecule has 2 N–H and O–H groups in total. The maximum Gasteiger partial charge on any atom is 0.413 e. The van der Waals surface area contributed by atoms with Gasteiger partial charge in [-0.3, -0.25) is 15.4 Å². The van der Waals surface area contributed by atoms with Crippen LogP contribution < -0.4 is 10.6 Å². The van der Waals surface area contributed by atoms with Crippen molar-refractivity contribution < 1.29 is 14.5 Å². The number of benzene rings is 2. The van der Waals surface area contributed by atoms with Crippen LogP contribution in [-0.2, 0) is 4.74 Å². The zero-order valence-corrected chi connectivity index (χ0v) is 14.1. The molecule has 0 aliphatic carbocycles. The number of nitro benzene ring substituents is 1. The molecular formula is C15H13N3O4S2. The average Bonchev–Trinajstić information content (AvgIpc) is 2.55. The molecule has 1 amide bonds. The SMILES string of the molecule is COC(=O)NC(=S)Nc1cc(Sc2ccccc2)ccc1[N+](=O)[O-]. The van der Waals surface area contributed by atoms with Crippen molar-refractivity contribution in [3.63, 3.8) is 0 Å². The summed E-state index contributed by atoms with van der Waals surface area (Å²) in [5.74, 6) is 0. The number of anilines is 1.